The summed E-state index contributed by atoms with van der Waals surface area (Å²) < 4.78 is 43.4. The van der Waals surface area contributed by atoms with E-state index in [0.29, 0.717) is 6.42 Å². The molecule has 0 radical (unpaired) electrons. The Morgan fingerprint density at radius 1 is 0.911 bits per heavy atom. The van der Waals surface area contributed by atoms with Crippen LogP contribution in [0.25, 0.3) is 11.1 Å². The Labute approximate surface area is 268 Å². The first kappa shape index (κ1) is 31.2. The molecule has 0 bridgehead atoms. The van der Waals surface area contributed by atoms with E-state index in [9.17, 15) is 13.5 Å². The number of aromatic nitrogens is 2. The maximum absolute atomic E-state index is 12.8. The number of benzene rings is 4. The molecule has 0 amide bonds. The van der Waals surface area contributed by atoms with Crippen LogP contribution in [0, 0.1) is 0 Å². The van der Waals surface area contributed by atoms with Gasteiger partial charge >= 0.3 is 0 Å². The average molecular weight is 642 g/mol. The van der Waals surface area contributed by atoms with Crippen LogP contribution in [-0.4, -0.2) is 34.9 Å². The maximum atomic E-state index is 12.8. The standard InChI is InChI=1S/C35H35N3O5S2/c1-38-20-19-36-35(38)44-24-30-21-33(27-13-11-25(23-39)12-14-27)43-34(42-30)28-17-15-26(16-18-28)32-10-6-5-7-29(32)22-37-45(40,41)31-8-3-2-4-9-31/h2-20,30,33-34,37,39H,21-24H2,1H3/t30-,33+,34+/m1/s1. The summed E-state index contributed by atoms with van der Waals surface area (Å²) >= 11 is 1.66. The molecular weight excluding hydrogens is 607 g/mol. The molecule has 10 heteroatoms. The molecule has 232 valence electrons. The fourth-order valence-electron chi connectivity index (χ4n) is 5.31. The molecule has 3 atom stereocenters. The lowest BCUT2D eigenvalue weighted by molar-refractivity contribution is -0.245. The Kier molecular flexibility index (Phi) is 9.79. The van der Waals surface area contributed by atoms with Crippen LogP contribution in [-0.2, 0) is 39.7 Å². The van der Waals surface area contributed by atoms with Crippen molar-refractivity contribution in [1.82, 2.24) is 14.3 Å². The molecule has 5 aromatic rings. The number of aliphatic hydroxyl groups excluding tert-OH is 1. The number of hydrogen-bond donors (Lipinski definition) is 2. The second kappa shape index (κ2) is 14.1. The van der Waals surface area contributed by atoms with Crippen molar-refractivity contribution in [2.24, 2.45) is 7.05 Å². The quantitative estimate of drug-likeness (QED) is 0.161. The Hall–Kier alpha value is -3.77. The lowest BCUT2D eigenvalue weighted by Gasteiger charge is -2.36. The summed E-state index contributed by atoms with van der Waals surface area (Å²) in [5, 5.41) is 10.4. The van der Waals surface area contributed by atoms with Crippen molar-refractivity contribution in [3.05, 3.63) is 138 Å². The van der Waals surface area contributed by atoms with Gasteiger partial charge in [-0.25, -0.2) is 18.1 Å². The number of ether oxygens (including phenoxy) is 2. The van der Waals surface area contributed by atoms with Crippen molar-refractivity contribution in [3.63, 3.8) is 0 Å². The SMILES string of the molecule is Cn1ccnc1SC[C@H]1C[C@@H](c2ccc(CO)cc2)O[C@@H](c2ccc(-c3ccccc3CNS(=O)(=O)c3ccccc3)cc2)O1. The van der Waals surface area contributed by atoms with E-state index in [-0.39, 0.29) is 30.3 Å². The van der Waals surface area contributed by atoms with E-state index in [4.69, 9.17) is 9.47 Å². The lowest BCUT2D eigenvalue weighted by Crippen LogP contribution is -2.31. The van der Waals surface area contributed by atoms with Crippen LogP contribution in [0.5, 0.6) is 0 Å². The number of aryl methyl sites for hydroxylation is 1. The van der Waals surface area contributed by atoms with Crippen molar-refractivity contribution < 1.29 is 23.0 Å². The normalized spacial score (nSPS) is 18.6. The predicted octanol–water partition coefficient (Wildman–Crippen LogP) is 6.40. The predicted molar refractivity (Wildman–Crippen MR) is 175 cm³/mol. The van der Waals surface area contributed by atoms with E-state index < -0.39 is 16.3 Å². The van der Waals surface area contributed by atoms with Crippen LogP contribution in [0.4, 0.5) is 0 Å². The monoisotopic (exact) mass is 641 g/mol. The van der Waals surface area contributed by atoms with E-state index >= 15 is 0 Å². The number of imidazole rings is 1. The third kappa shape index (κ3) is 7.55. The molecule has 1 aliphatic heterocycles. The number of sulfonamides is 1. The zero-order chi connectivity index (χ0) is 31.2. The molecule has 0 aliphatic carbocycles. The Morgan fingerprint density at radius 2 is 1.62 bits per heavy atom. The molecule has 4 aromatic carbocycles. The Bertz CT molecular complexity index is 1810. The third-order valence-electron chi connectivity index (χ3n) is 7.81. The van der Waals surface area contributed by atoms with Gasteiger partial charge in [-0.3, -0.25) is 0 Å². The first-order valence-electron chi connectivity index (χ1n) is 14.7. The number of thioether (sulfide) groups is 1. The maximum Gasteiger partial charge on any atom is 0.240 e. The molecule has 8 nitrogen and oxygen atoms in total. The third-order valence-corrected chi connectivity index (χ3v) is 10.4. The summed E-state index contributed by atoms with van der Waals surface area (Å²) in [5.74, 6) is 0.723. The lowest BCUT2D eigenvalue weighted by atomic mass is 9.98. The van der Waals surface area contributed by atoms with Crippen molar-refractivity contribution in [2.45, 2.75) is 48.1 Å². The summed E-state index contributed by atoms with van der Waals surface area (Å²) in [6.45, 7) is 0.158. The van der Waals surface area contributed by atoms with E-state index in [0.717, 1.165) is 44.3 Å². The van der Waals surface area contributed by atoms with E-state index in [1.807, 2.05) is 90.6 Å². The first-order valence-corrected chi connectivity index (χ1v) is 17.2. The van der Waals surface area contributed by atoms with Gasteiger partial charge in [0.25, 0.3) is 0 Å². The number of rotatable bonds is 11. The van der Waals surface area contributed by atoms with E-state index in [1.165, 1.54) is 0 Å². The van der Waals surface area contributed by atoms with Crippen LogP contribution in [0.15, 0.2) is 126 Å². The molecule has 2 heterocycles. The van der Waals surface area contributed by atoms with Gasteiger partial charge in [-0.05, 0) is 39.9 Å². The number of aliphatic hydroxyl groups is 1. The number of hydrogen-bond acceptors (Lipinski definition) is 7. The molecule has 1 aliphatic rings. The number of nitrogens with zero attached hydrogens (tertiary/aromatic N) is 2. The fraction of sp³-hybridized carbons (Fsp3) is 0.229. The molecule has 1 aromatic heterocycles. The number of nitrogens with one attached hydrogen (secondary N) is 1. The van der Waals surface area contributed by atoms with Crippen molar-refractivity contribution in [1.29, 1.82) is 0 Å². The van der Waals surface area contributed by atoms with Gasteiger partial charge in [0.2, 0.25) is 10.0 Å². The molecule has 1 fully saturated rings. The van der Waals surface area contributed by atoms with Crippen LogP contribution in [0.2, 0.25) is 0 Å². The van der Waals surface area contributed by atoms with Gasteiger partial charge in [-0.15, -0.1) is 0 Å². The zero-order valence-corrected chi connectivity index (χ0v) is 26.5. The van der Waals surface area contributed by atoms with Crippen LogP contribution in [0.1, 0.15) is 41.1 Å². The van der Waals surface area contributed by atoms with Gasteiger partial charge < -0.3 is 19.1 Å². The molecule has 1 saturated heterocycles. The highest BCUT2D eigenvalue weighted by atomic mass is 32.2. The highest BCUT2D eigenvalue weighted by molar-refractivity contribution is 7.99. The molecule has 0 unspecified atom stereocenters. The minimum absolute atomic E-state index is 0.00511. The topological polar surface area (TPSA) is 103 Å². The highest BCUT2D eigenvalue weighted by Gasteiger charge is 2.32. The summed E-state index contributed by atoms with van der Waals surface area (Å²) in [6, 6.07) is 32.1. The molecule has 0 saturated carbocycles. The van der Waals surface area contributed by atoms with Gasteiger partial charge in [0.1, 0.15) is 0 Å². The minimum atomic E-state index is -3.64. The van der Waals surface area contributed by atoms with Crippen molar-refractivity contribution in [2.75, 3.05) is 5.75 Å². The van der Waals surface area contributed by atoms with Crippen LogP contribution < -0.4 is 4.72 Å². The van der Waals surface area contributed by atoms with Crippen molar-refractivity contribution in [3.8, 4) is 11.1 Å². The summed E-state index contributed by atoms with van der Waals surface area (Å²) in [7, 11) is -1.66. The molecule has 6 rings (SSSR count). The largest absolute Gasteiger partial charge is 0.392 e. The highest BCUT2D eigenvalue weighted by Crippen LogP contribution is 2.40. The minimum Gasteiger partial charge on any atom is -0.392 e. The van der Waals surface area contributed by atoms with Crippen LogP contribution in [0.3, 0.4) is 0 Å². The van der Waals surface area contributed by atoms with Gasteiger partial charge in [-0.1, -0.05) is 103 Å². The average Bonchev–Trinajstić information content (AvgIpc) is 3.51. The zero-order valence-electron chi connectivity index (χ0n) is 24.8. The van der Waals surface area contributed by atoms with Gasteiger partial charge in [0, 0.05) is 43.7 Å². The Morgan fingerprint density at radius 3 is 2.33 bits per heavy atom. The van der Waals surface area contributed by atoms with Gasteiger partial charge in [-0.2, -0.15) is 0 Å². The molecule has 45 heavy (non-hydrogen) atoms. The fourth-order valence-corrected chi connectivity index (χ4v) is 7.29. The van der Waals surface area contributed by atoms with Crippen LogP contribution >= 0.6 is 11.8 Å². The summed E-state index contributed by atoms with van der Waals surface area (Å²) in [4.78, 5) is 4.67. The second-order valence-electron chi connectivity index (χ2n) is 10.9. The van der Waals surface area contributed by atoms with E-state index in [1.54, 1.807) is 48.3 Å². The molecule has 2 N–H and O–H groups in total. The second-order valence-corrected chi connectivity index (χ2v) is 13.7. The molecular formula is C35H35N3O5S2. The van der Waals surface area contributed by atoms with Crippen molar-refractivity contribution >= 4 is 21.8 Å². The van der Waals surface area contributed by atoms with Gasteiger partial charge in [0.05, 0.1) is 23.7 Å². The smallest absolute Gasteiger partial charge is 0.240 e. The van der Waals surface area contributed by atoms with E-state index in [2.05, 4.69) is 9.71 Å². The van der Waals surface area contributed by atoms with Gasteiger partial charge in [0.15, 0.2) is 11.4 Å². The molecule has 0 spiro atoms. The Balaban J connectivity index is 1.20. The first-order chi connectivity index (χ1) is 21.9. The summed E-state index contributed by atoms with van der Waals surface area (Å²) in [6.07, 6.45) is 3.58. The summed E-state index contributed by atoms with van der Waals surface area (Å²) in [5.41, 5.74) is 5.56.